The van der Waals surface area contributed by atoms with Gasteiger partial charge in [-0.15, -0.1) is 0 Å². The molecule has 8 heavy (non-hydrogen) atoms. The lowest BCUT2D eigenvalue weighted by atomic mass is 10.3. The van der Waals surface area contributed by atoms with Gasteiger partial charge in [0.05, 0.1) is 5.83 Å². The standard InChI is InChI=1S/C6H8F2/c1-3-6(8)4-5(2)7/h3-4,6H,1H2,2H3/b5-4+. The van der Waals surface area contributed by atoms with E-state index in [4.69, 9.17) is 0 Å². The van der Waals surface area contributed by atoms with Crippen molar-refractivity contribution in [1.29, 1.82) is 0 Å². The van der Waals surface area contributed by atoms with Crippen LogP contribution >= 0.6 is 0 Å². The van der Waals surface area contributed by atoms with Gasteiger partial charge < -0.3 is 0 Å². The zero-order valence-corrected chi connectivity index (χ0v) is 4.70. The lowest BCUT2D eigenvalue weighted by Crippen LogP contribution is -1.86. The van der Waals surface area contributed by atoms with Crippen LogP contribution < -0.4 is 0 Å². The van der Waals surface area contributed by atoms with Crippen LogP contribution in [-0.2, 0) is 0 Å². The molecule has 1 unspecified atom stereocenters. The molecule has 0 radical (unpaired) electrons. The summed E-state index contributed by atoms with van der Waals surface area (Å²) in [6.07, 6.45) is 0.538. The topological polar surface area (TPSA) is 0 Å². The molecule has 0 heterocycles. The highest BCUT2D eigenvalue weighted by molar-refractivity contribution is 5.00. The Morgan fingerprint density at radius 2 is 2.25 bits per heavy atom. The Hall–Kier alpha value is -0.660. The summed E-state index contributed by atoms with van der Waals surface area (Å²) in [4.78, 5) is 0. The summed E-state index contributed by atoms with van der Waals surface area (Å²) < 4.78 is 23.7. The average Bonchev–Trinajstić information content (AvgIpc) is 1.65. The molecule has 1 atom stereocenters. The first-order valence-electron chi connectivity index (χ1n) is 2.27. The van der Waals surface area contributed by atoms with E-state index in [0.717, 1.165) is 12.2 Å². The largest absolute Gasteiger partial charge is 0.238 e. The van der Waals surface area contributed by atoms with Gasteiger partial charge in [-0.3, -0.25) is 0 Å². The van der Waals surface area contributed by atoms with E-state index in [1.54, 1.807) is 0 Å². The van der Waals surface area contributed by atoms with E-state index in [2.05, 4.69) is 6.58 Å². The fraction of sp³-hybridized carbons (Fsp3) is 0.333. The van der Waals surface area contributed by atoms with Crippen molar-refractivity contribution >= 4 is 0 Å². The summed E-state index contributed by atoms with van der Waals surface area (Å²) >= 11 is 0. The molecule has 0 aliphatic carbocycles. The van der Waals surface area contributed by atoms with Gasteiger partial charge in [0, 0.05) is 0 Å². The van der Waals surface area contributed by atoms with Crippen molar-refractivity contribution in [3.8, 4) is 0 Å². The molecule has 0 fully saturated rings. The van der Waals surface area contributed by atoms with Crippen molar-refractivity contribution in [1.82, 2.24) is 0 Å². The van der Waals surface area contributed by atoms with Crippen molar-refractivity contribution in [2.75, 3.05) is 0 Å². The van der Waals surface area contributed by atoms with Gasteiger partial charge in [-0.05, 0) is 13.0 Å². The fourth-order valence-corrected chi connectivity index (χ4v) is 0.287. The maximum Gasteiger partial charge on any atom is 0.139 e. The first-order chi connectivity index (χ1) is 3.66. The van der Waals surface area contributed by atoms with Crippen LogP contribution in [0.4, 0.5) is 8.78 Å². The van der Waals surface area contributed by atoms with Crippen LogP contribution in [0.15, 0.2) is 24.6 Å². The van der Waals surface area contributed by atoms with Gasteiger partial charge in [-0.2, -0.15) is 0 Å². The van der Waals surface area contributed by atoms with Crippen LogP contribution in [0.1, 0.15) is 6.92 Å². The predicted octanol–water partition coefficient (Wildman–Crippen LogP) is 2.38. The zero-order valence-electron chi connectivity index (χ0n) is 4.70. The number of hydrogen-bond acceptors (Lipinski definition) is 0. The minimum Gasteiger partial charge on any atom is -0.238 e. The smallest absolute Gasteiger partial charge is 0.139 e. The minimum atomic E-state index is -1.35. The van der Waals surface area contributed by atoms with Gasteiger partial charge in [-0.1, -0.05) is 12.7 Å². The van der Waals surface area contributed by atoms with Crippen molar-refractivity contribution in [2.45, 2.75) is 13.1 Å². The SMILES string of the molecule is C=CC(F)/C=C(\C)F. The molecule has 0 aromatic heterocycles. The molecule has 0 bridgehead atoms. The Morgan fingerprint density at radius 1 is 1.75 bits per heavy atom. The molecule has 0 rings (SSSR count). The Morgan fingerprint density at radius 3 is 2.38 bits per heavy atom. The third kappa shape index (κ3) is 3.53. The molecule has 0 aliphatic rings. The monoisotopic (exact) mass is 118 g/mol. The van der Waals surface area contributed by atoms with Crippen LogP contribution in [0, 0.1) is 0 Å². The summed E-state index contributed by atoms with van der Waals surface area (Å²) in [6, 6.07) is 0. The zero-order chi connectivity index (χ0) is 6.57. The van der Waals surface area contributed by atoms with Crippen molar-refractivity contribution in [3.63, 3.8) is 0 Å². The molecule has 0 aromatic carbocycles. The highest BCUT2D eigenvalue weighted by atomic mass is 19.1. The lowest BCUT2D eigenvalue weighted by Gasteiger charge is -1.89. The van der Waals surface area contributed by atoms with Crippen LogP contribution in [0.25, 0.3) is 0 Å². The lowest BCUT2D eigenvalue weighted by molar-refractivity contribution is 0.459. The average molecular weight is 118 g/mol. The second-order valence-corrected chi connectivity index (χ2v) is 1.43. The summed E-state index contributed by atoms with van der Waals surface area (Å²) in [5, 5.41) is 0. The molecule has 0 spiro atoms. The molecule has 0 amide bonds. The summed E-state index contributed by atoms with van der Waals surface area (Å²) in [5.41, 5.74) is 0. The third-order valence-electron chi connectivity index (χ3n) is 0.614. The highest BCUT2D eigenvalue weighted by Gasteiger charge is 1.93. The number of rotatable bonds is 2. The summed E-state index contributed by atoms with van der Waals surface area (Å²) in [5.74, 6) is -0.516. The molecule has 46 valence electrons. The fourth-order valence-electron chi connectivity index (χ4n) is 0.287. The molecule has 0 N–H and O–H groups in total. The Bertz CT molecular complexity index is 101. The molecular weight excluding hydrogens is 110 g/mol. The van der Waals surface area contributed by atoms with Crippen LogP contribution in [0.2, 0.25) is 0 Å². The van der Waals surface area contributed by atoms with Crippen molar-refractivity contribution in [2.24, 2.45) is 0 Å². The number of halogens is 2. The van der Waals surface area contributed by atoms with Crippen LogP contribution in [0.3, 0.4) is 0 Å². The quantitative estimate of drug-likeness (QED) is 0.488. The number of alkyl halides is 1. The van der Waals surface area contributed by atoms with E-state index < -0.39 is 12.0 Å². The van der Waals surface area contributed by atoms with Gasteiger partial charge in [0.25, 0.3) is 0 Å². The van der Waals surface area contributed by atoms with Gasteiger partial charge in [0.15, 0.2) is 0 Å². The molecule has 0 aliphatic heterocycles. The van der Waals surface area contributed by atoms with E-state index in [9.17, 15) is 8.78 Å². The van der Waals surface area contributed by atoms with Gasteiger partial charge in [-0.25, -0.2) is 8.78 Å². The van der Waals surface area contributed by atoms with E-state index in [1.807, 2.05) is 0 Å². The highest BCUT2D eigenvalue weighted by Crippen LogP contribution is 2.00. The summed E-state index contributed by atoms with van der Waals surface area (Å²) in [6.45, 7) is 4.32. The predicted molar refractivity (Wildman–Crippen MR) is 30.0 cm³/mol. The maximum absolute atomic E-state index is 11.9. The molecule has 0 nitrogen and oxygen atoms in total. The Kier molecular flexibility index (Phi) is 3.08. The third-order valence-corrected chi connectivity index (χ3v) is 0.614. The number of allylic oxidation sites excluding steroid dienone is 3. The maximum atomic E-state index is 11.9. The Balaban J connectivity index is 3.68. The minimum absolute atomic E-state index is 0.516. The molecular formula is C6H8F2. The molecule has 0 saturated heterocycles. The van der Waals surface area contributed by atoms with E-state index >= 15 is 0 Å². The second kappa shape index (κ2) is 3.36. The normalized spacial score (nSPS) is 15.6. The van der Waals surface area contributed by atoms with E-state index in [-0.39, 0.29) is 0 Å². The van der Waals surface area contributed by atoms with Gasteiger partial charge >= 0.3 is 0 Å². The second-order valence-electron chi connectivity index (χ2n) is 1.43. The van der Waals surface area contributed by atoms with Crippen LogP contribution in [0.5, 0.6) is 0 Å². The first kappa shape index (κ1) is 7.34. The molecule has 2 heteroatoms. The van der Waals surface area contributed by atoms with Gasteiger partial charge in [0.2, 0.25) is 0 Å². The first-order valence-corrected chi connectivity index (χ1v) is 2.27. The van der Waals surface area contributed by atoms with Crippen molar-refractivity contribution in [3.05, 3.63) is 24.6 Å². The van der Waals surface area contributed by atoms with Crippen LogP contribution in [-0.4, -0.2) is 6.17 Å². The van der Waals surface area contributed by atoms with E-state index in [1.165, 1.54) is 6.92 Å². The summed E-state index contributed by atoms with van der Waals surface area (Å²) in [7, 11) is 0. The number of hydrogen-bond donors (Lipinski definition) is 0. The van der Waals surface area contributed by atoms with Gasteiger partial charge in [0.1, 0.15) is 6.17 Å². The molecule has 0 aromatic rings. The van der Waals surface area contributed by atoms with E-state index in [0.29, 0.717) is 0 Å². The van der Waals surface area contributed by atoms with Crippen molar-refractivity contribution < 1.29 is 8.78 Å². The molecule has 0 saturated carbocycles. The Labute approximate surface area is 47.5 Å².